The first-order chi connectivity index (χ1) is 16.4. The highest BCUT2D eigenvalue weighted by molar-refractivity contribution is 6.20. The number of rotatable bonds is 1. The Labute approximate surface area is 199 Å². The molecule has 2 aliphatic heterocycles. The molecule has 1 spiro atoms. The van der Waals surface area contributed by atoms with E-state index in [1.54, 1.807) is 24.3 Å². The van der Waals surface area contributed by atoms with Crippen LogP contribution in [0.4, 0.5) is 24.5 Å². The van der Waals surface area contributed by atoms with E-state index in [-0.39, 0.29) is 41.2 Å². The molecule has 9 heteroatoms. The number of nitrogens with two attached hydrogens (primary N) is 1. The summed E-state index contributed by atoms with van der Waals surface area (Å²) in [6.45, 7) is 3.66. The third-order valence-corrected chi connectivity index (χ3v) is 6.85. The van der Waals surface area contributed by atoms with Gasteiger partial charge in [0.15, 0.2) is 5.78 Å². The van der Waals surface area contributed by atoms with Crippen LogP contribution in [0.25, 0.3) is 0 Å². The smallest absolute Gasteiger partial charge is 0.384 e. The molecular formula is C26H21F3N4O2. The van der Waals surface area contributed by atoms with Crippen molar-refractivity contribution in [3.05, 3.63) is 82.3 Å². The number of alkyl halides is 3. The molecule has 35 heavy (non-hydrogen) atoms. The van der Waals surface area contributed by atoms with Gasteiger partial charge in [-0.2, -0.15) is 18.4 Å². The number of nitrogens with one attached hydrogen (secondary N) is 1. The summed E-state index contributed by atoms with van der Waals surface area (Å²) in [7, 11) is 0. The maximum Gasteiger partial charge on any atom is 0.418 e. The molecule has 0 fully saturated rings. The van der Waals surface area contributed by atoms with Crippen molar-refractivity contribution in [2.45, 2.75) is 38.3 Å². The zero-order chi connectivity index (χ0) is 25.3. The number of fused-ring (bicyclic) bond motifs is 3. The Morgan fingerprint density at radius 1 is 1.06 bits per heavy atom. The third-order valence-electron chi connectivity index (χ3n) is 6.85. The van der Waals surface area contributed by atoms with E-state index < -0.39 is 34.3 Å². The molecule has 0 unspecified atom stereocenters. The number of anilines is 2. The molecule has 0 aromatic heterocycles. The summed E-state index contributed by atoms with van der Waals surface area (Å²) < 4.78 is 42.1. The second-order valence-corrected chi connectivity index (χ2v) is 9.73. The van der Waals surface area contributed by atoms with Crippen LogP contribution in [0.3, 0.4) is 0 Å². The number of Topliss-reactive ketones (excluding diaryl/α,β-unsaturated/α-hetero) is 1. The van der Waals surface area contributed by atoms with Crippen molar-refractivity contribution < 1.29 is 22.8 Å². The fraction of sp³-hybridized carbons (Fsp3) is 0.269. The number of allylic oxidation sites excluding steroid dienone is 1. The van der Waals surface area contributed by atoms with Crippen molar-refractivity contribution in [2.75, 3.05) is 10.2 Å². The molecular weight excluding hydrogens is 457 g/mol. The molecule has 1 atom stereocenters. The molecule has 0 saturated heterocycles. The molecule has 0 radical (unpaired) electrons. The molecule has 1 aliphatic carbocycles. The van der Waals surface area contributed by atoms with Gasteiger partial charge >= 0.3 is 6.18 Å². The summed E-state index contributed by atoms with van der Waals surface area (Å²) in [5.74, 6) is -1.33. The molecule has 2 heterocycles. The summed E-state index contributed by atoms with van der Waals surface area (Å²) in [4.78, 5) is 28.5. The van der Waals surface area contributed by atoms with E-state index in [2.05, 4.69) is 5.32 Å². The van der Waals surface area contributed by atoms with Crippen molar-refractivity contribution in [1.29, 1.82) is 5.26 Å². The van der Waals surface area contributed by atoms with E-state index in [9.17, 15) is 28.0 Å². The highest BCUT2D eigenvalue weighted by Crippen LogP contribution is 2.57. The van der Waals surface area contributed by atoms with Crippen molar-refractivity contribution in [3.63, 3.8) is 0 Å². The van der Waals surface area contributed by atoms with E-state index in [1.807, 2.05) is 19.9 Å². The van der Waals surface area contributed by atoms with Gasteiger partial charge in [-0.25, -0.2) is 0 Å². The maximum atomic E-state index is 14.0. The standard InChI is InChI=1S/C26H21F3N4O2/c1-24(2)11-19-21(20(34)12-24)25(14-7-3-5-9-17(14)32-23(25)35)16(13-30)22(31)33(19)18-10-6-4-8-15(18)26(27,28)29/h3-10H,11-12,31H2,1-2H3,(H,32,35)/t25-/m1/s1. The Bertz CT molecular complexity index is 1410. The number of carbonyl (C=O) groups is 2. The lowest BCUT2D eigenvalue weighted by atomic mass is 9.60. The molecule has 1 amide bonds. The van der Waals surface area contributed by atoms with Gasteiger partial charge < -0.3 is 11.1 Å². The predicted octanol–water partition coefficient (Wildman–Crippen LogP) is 4.75. The van der Waals surface area contributed by atoms with E-state index in [0.717, 1.165) is 11.0 Å². The van der Waals surface area contributed by atoms with E-state index in [1.165, 1.54) is 18.2 Å². The molecule has 178 valence electrons. The first-order valence-corrected chi connectivity index (χ1v) is 11.0. The SMILES string of the molecule is CC1(C)CC(=O)C2=C(C1)N(c1ccccc1C(F)(F)F)C(N)=C(C#N)[C@@]21C(=O)Nc2ccccc21. The Morgan fingerprint density at radius 3 is 2.40 bits per heavy atom. The number of nitriles is 1. The molecule has 0 saturated carbocycles. The highest BCUT2D eigenvalue weighted by atomic mass is 19.4. The van der Waals surface area contributed by atoms with Crippen molar-refractivity contribution in [1.82, 2.24) is 0 Å². The largest absolute Gasteiger partial charge is 0.418 e. The van der Waals surface area contributed by atoms with Crippen molar-refractivity contribution in [3.8, 4) is 6.07 Å². The topological polar surface area (TPSA) is 99.2 Å². The number of benzene rings is 2. The van der Waals surface area contributed by atoms with Crippen LogP contribution in [0.2, 0.25) is 0 Å². The van der Waals surface area contributed by atoms with Crippen LogP contribution >= 0.6 is 0 Å². The average Bonchev–Trinajstić information content (AvgIpc) is 3.05. The molecule has 2 aromatic carbocycles. The maximum absolute atomic E-state index is 14.0. The minimum atomic E-state index is -4.72. The number of ketones is 1. The Balaban J connectivity index is 1.92. The number of nitrogens with zero attached hydrogens (tertiary/aromatic N) is 2. The normalized spacial score (nSPS) is 23.3. The first-order valence-electron chi connectivity index (χ1n) is 11.0. The fourth-order valence-electron chi connectivity index (χ4n) is 5.56. The Kier molecular flexibility index (Phi) is 4.69. The quantitative estimate of drug-likeness (QED) is 0.616. The van der Waals surface area contributed by atoms with Crippen LogP contribution in [0.5, 0.6) is 0 Å². The summed E-state index contributed by atoms with van der Waals surface area (Å²) in [6, 6.07) is 13.5. The fourth-order valence-corrected chi connectivity index (χ4v) is 5.56. The number of carbonyl (C=O) groups excluding carboxylic acids is 2. The lowest BCUT2D eigenvalue weighted by molar-refractivity contribution is -0.137. The molecule has 3 N–H and O–H groups in total. The number of amides is 1. The van der Waals surface area contributed by atoms with Gasteiger partial charge in [0.1, 0.15) is 17.3 Å². The van der Waals surface area contributed by atoms with Gasteiger partial charge in [0.05, 0.1) is 16.8 Å². The van der Waals surface area contributed by atoms with E-state index in [0.29, 0.717) is 11.3 Å². The lowest BCUT2D eigenvalue weighted by Crippen LogP contribution is -2.52. The van der Waals surface area contributed by atoms with Crippen LogP contribution in [-0.4, -0.2) is 11.7 Å². The minimum Gasteiger partial charge on any atom is -0.384 e. The molecule has 5 rings (SSSR count). The number of hydrogen-bond acceptors (Lipinski definition) is 5. The summed E-state index contributed by atoms with van der Waals surface area (Å²) >= 11 is 0. The zero-order valence-corrected chi connectivity index (χ0v) is 19.0. The van der Waals surface area contributed by atoms with Gasteiger partial charge in [0.25, 0.3) is 0 Å². The third kappa shape index (κ3) is 3.02. The van der Waals surface area contributed by atoms with Crippen LogP contribution < -0.4 is 16.0 Å². The molecule has 2 aromatic rings. The van der Waals surface area contributed by atoms with Crippen LogP contribution in [0.15, 0.2) is 71.2 Å². The Hall–Kier alpha value is -4.06. The molecule has 0 bridgehead atoms. The lowest BCUT2D eigenvalue weighted by Gasteiger charge is -2.47. The summed E-state index contributed by atoms with van der Waals surface area (Å²) in [5.41, 5.74) is 3.51. The number of halogens is 3. The van der Waals surface area contributed by atoms with Gasteiger partial charge in [0.2, 0.25) is 5.91 Å². The van der Waals surface area contributed by atoms with Gasteiger partial charge in [-0.3, -0.25) is 14.5 Å². The van der Waals surface area contributed by atoms with E-state index in [4.69, 9.17) is 5.73 Å². The zero-order valence-electron chi connectivity index (χ0n) is 19.0. The van der Waals surface area contributed by atoms with Gasteiger partial charge in [0, 0.05) is 28.9 Å². The number of hydrogen-bond donors (Lipinski definition) is 2. The monoisotopic (exact) mass is 478 g/mol. The van der Waals surface area contributed by atoms with Crippen LogP contribution in [0, 0.1) is 16.7 Å². The summed E-state index contributed by atoms with van der Waals surface area (Å²) in [5, 5.41) is 13.0. The second-order valence-electron chi connectivity index (χ2n) is 9.73. The Morgan fingerprint density at radius 2 is 1.71 bits per heavy atom. The summed E-state index contributed by atoms with van der Waals surface area (Å²) in [6.07, 6.45) is -4.47. The van der Waals surface area contributed by atoms with Gasteiger partial charge in [-0.15, -0.1) is 0 Å². The van der Waals surface area contributed by atoms with Gasteiger partial charge in [-0.1, -0.05) is 44.2 Å². The van der Waals surface area contributed by atoms with Crippen molar-refractivity contribution in [2.24, 2.45) is 11.1 Å². The first kappa shape index (κ1) is 22.7. The number of para-hydroxylation sites is 2. The van der Waals surface area contributed by atoms with Crippen molar-refractivity contribution >= 4 is 23.1 Å². The van der Waals surface area contributed by atoms with Crippen LogP contribution in [-0.2, 0) is 21.2 Å². The van der Waals surface area contributed by atoms with Gasteiger partial charge in [-0.05, 0) is 30.0 Å². The second kappa shape index (κ2) is 7.22. The predicted molar refractivity (Wildman–Crippen MR) is 123 cm³/mol. The van der Waals surface area contributed by atoms with E-state index >= 15 is 0 Å². The minimum absolute atomic E-state index is 0.00185. The average molecular weight is 478 g/mol. The molecule has 3 aliphatic rings. The van der Waals surface area contributed by atoms with Crippen LogP contribution in [0.1, 0.15) is 37.8 Å². The highest BCUT2D eigenvalue weighted by Gasteiger charge is 2.61. The molecule has 6 nitrogen and oxygen atoms in total.